The van der Waals surface area contributed by atoms with Gasteiger partial charge in [0.05, 0.1) is 0 Å². The Labute approximate surface area is 444 Å². The summed E-state index contributed by atoms with van der Waals surface area (Å²) in [6, 6.07) is 0. The number of anilines is 2. The average Bonchev–Trinajstić information content (AvgIpc) is 3.37. The summed E-state index contributed by atoms with van der Waals surface area (Å²) in [7, 11) is 0. The van der Waals surface area contributed by atoms with Gasteiger partial charge < -0.3 is 0 Å². The summed E-state index contributed by atoms with van der Waals surface area (Å²) < 4.78 is 1.51. The highest BCUT2D eigenvalue weighted by molar-refractivity contribution is 6.05. The monoisotopic (exact) mass is 1020 g/mol. The first-order valence-corrected chi connectivity index (χ1v) is 31.1. The number of hydrogen-bond donors (Lipinski definition) is 3. The van der Waals surface area contributed by atoms with E-state index >= 15 is 0 Å². The Morgan fingerprint density at radius 3 is 1.10 bits per heavy atom. The number of amides is 3. The molecule has 0 aliphatic carbocycles. The molecule has 2 aromatic rings. The van der Waals surface area contributed by atoms with E-state index in [2.05, 4.69) is 66.6 Å². The van der Waals surface area contributed by atoms with Crippen LogP contribution in [0.2, 0.25) is 0 Å². The molecule has 13 heteroatoms. The van der Waals surface area contributed by atoms with Crippen LogP contribution in [0.15, 0.2) is 9.98 Å². The average molecular weight is 1020 g/mol. The van der Waals surface area contributed by atoms with Crippen LogP contribution in [0.4, 0.5) is 17.8 Å². The molecule has 1 aliphatic heterocycles. The Kier molecular flexibility index (Phi) is 38.7. The predicted molar refractivity (Wildman–Crippen MR) is 305 cm³/mol. The van der Waals surface area contributed by atoms with Crippen molar-refractivity contribution < 1.29 is 14.4 Å². The summed E-state index contributed by atoms with van der Waals surface area (Å²) >= 11 is 0. The molecule has 0 bridgehead atoms. The minimum Gasteiger partial charge on any atom is -0.296 e. The Morgan fingerprint density at radius 2 is 0.726 bits per heavy atom. The van der Waals surface area contributed by atoms with Crippen molar-refractivity contribution in [1.29, 1.82) is 0 Å². The first kappa shape index (κ1) is 63.5. The zero-order valence-corrected chi connectivity index (χ0v) is 47.3. The second kappa shape index (κ2) is 44.5. The van der Waals surface area contributed by atoms with Crippen molar-refractivity contribution in [2.75, 3.05) is 10.6 Å². The molecule has 0 atom stereocenters. The van der Waals surface area contributed by atoms with Crippen molar-refractivity contribution in [1.82, 2.24) is 29.7 Å². The largest absolute Gasteiger partial charge is 0.296 e. The topological polar surface area (TPSA) is 168 Å². The molecule has 3 amide bonds. The molecule has 0 radical (unpaired) electrons. The molecule has 0 aromatic carbocycles. The summed E-state index contributed by atoms with van der Waals surface area (Å²) in [6.45, 7) is 6.82. The van der Waals surface area contributed by atoms with Gasteiger partial charge in [0.25, 0.3) is 5.62 Å². The smallest absolute Gasteiger partial charge is 0.259 e. The van der Waals surface area contributed by atoms with Crippen LogP contribution in [0.1, 0.15) is 329 Å². The highest BCUT2D eigenvalue weighted by atomic mass is 16.2. The van der Waals surface area contributed by atoms with Crippen molar-refractivity contribution in [3.63, 3.8) is 0 Å². The van der Waals surface area contributed by atoms with Crippen LogP contribution in [-0.2, 0) is 14.4 Å². The third-order valence-electron chi connectivity index (χ3n) is 14.6. The number of hydrogen-bond acceptors (Lipinski definition) is 9. The highest BCUT2D eigenvalue weighted by Gasteiger charge is 2.22. The third kappa shape index (κ3) is 33.0. The van der Waals surface area contributed by atoms with Crippen molar-refractivity contribution >= 4 is 47.3 Å². The van der Waals surface area contributed by atoms with E-state index in [9.17, 15) is 14.4 Å². The molecular weight excluding hydrogens is 909 g/mol. The zero-order valence-electron chi connectivity index (χ0n) is 47.3. The van der Waals surface area contributed by atoms with Crippen LogP contribution in [0.25, 0.3) is 5.78 Å². The van der Waals surface area contributed by atoms with Crippen molar-refractivity contribution in [3.05, 3.63) is 5.62 Å². The molecule has 73 heavy (non-hydrogen) atoms. The van der Waals surface area contributed by atoms with Crippen LogP contribution in [-0.4, -0.2) is 48.0 Å². The number of aliphatic imine (C=N–C) groups is 1. The fourth-order valence-electron chi connectivity index (χ4n) is 10.00. The van der Waals surface area contributed by atoms with Crippen LogP contribution < -0.4 is 21.6 Å². The molecule has 0 spiro atoms. The number of guanidine groups is 1. The molecule has 0 saturated carbocycles. The SMILES string of the molecule is CCCCCCCCCCCCCCCCCC(=O)N=c1nc2n3c(nc(NC(=O)CCCCCCCCCCCCCCCCC)nc3n1)NC(NC(=O)CCCCCCCCCCCCCCCCC)=N2. The number of aromatic nitrogens is 5. The van der Waals surface area contributed by atoms with E-state index in [1.165, 1.54) is 236 Å². The fourth-order valence-corrected chi connectivity index (χ4v) is 10.00. The number of carbonyl (C=O) groups is 3. The fraction of sp³-hybridized carbons (Fsp3) is 0.850. The lowest BCUT2D eigenvalue weighted by Crippen LogP contribution is -2.39. The van der Waals surface area contributed by atoms with Crippen LogP contribution >= 0.6 is 0 Å². The molecule has 0 saturated heterocycles. The summed E-state index contributed by atoms with van der Waals surface area (Å²) in [4.78, 5) is 66.4. The van der Waals surface area contributed by atoms with Gasteiger partial charge in [0.2, 0.25) is 47.3 Å². The first-order chi connectivity index (χ1) is 35.9. The second-order valence-electron chi connectivity index (χ2n) is 21.6. The van der Waals surface area contributed by atoms with Crippen LogP contribution in [0.3, 0.4) is 0 Å². The zero-order chi connectivity index (χ0) is 52.1. The maximum absolute atomic E-state index is 13.2. The predicted octanol–water partition coefficient (Wildman–Crippen LogP) is 17.2. The molecule has 1 aliphatic rings. The Balaban J connectivity index is 1.46. The maximum Gasteiger partial charge on any atom is 0.259 e. The van der Waals surface area contributed by atoms with Crippen molar-refractivity contribution in [2.45, 2.75) is 329 Å². The van der Waals surface area contributed by atoms with Crippen LogP contribution in [0.5, 0.6) is 0 Å². The summed E-state index contributed by atoms with van der Waals surface area (Å²) in [5, 5.41) is 8.85. The summed E-state index contributed by atoms with van der Waals surface area (Å²) in [5.41, 5.74) is -0.0604. The molecular formula is C60H108N10O3. The van der Waals surface area contributed by atoms with Gasteiger partial charge in [-0.3, -0.25) is 30.3 Å². The van der Waals surface area contributed by atoms with E-state index in [-0.39, 0.29) is 52.9 Å². The van der Waals surface area contributed by atoms with E-state index in [0.717, 1.165) is 57.8 Å². The van der Waals surface area contributed by atoms with Crippen LogP contribution in [0, 0.1) is 0 Å². The number of unbranched alkanes of at least 4 members (excludes halogenated alkanes) is 42. The molecule has 2 aromatic heterocycles. The molecule has 416 valence electrons. The number of carbonyl (C=O) groups excluding carboxylic acids is 3. The van der Waals surface area contributed by atoms with Crippen molar-refractivity contribution in [3.8, 4) is 0 Å². The lowest BCUT2D eigenvalue weighted by molar-refractivity contribution is -0.120. The van der Waals surface area contributed by atoms with Gasteiger partial charge in [0.15, 0.2) is 0 Å². The normalized spacial score (nSPS) is 12.4. The Hall–Kier alpha value is -3.77. The molecule has 3 rings (SSSR count). The molecule has 3 N–H and O–H groups in total. The van der Waals surface area contributed by atoms with Gasteiger partial charge in [-0.15, -0.1) is 0 Å². The van der Waals surface area contributed by atoms with Crippen molar-refractivity contribution in [2.24, 2.45) is 9.98 Å². The molecule has 0 unspecified atom stereocenters. The van der Waals surface area contributed by atoms with E-state index in [1.54, 1.807) is 0 Å². The van der Waals surface area contributed by atoms with E-state index in [1.807, 2.05) is 0 Å². The minimum atomic E-state index is -0.299. The maximum atomic E-state index is 13.2. The molecule has 13 nitrogen and oxygen atoms in total. The second-order valence-corrected chi connectivity index (χ2v) is 21.6. The van der Waals surface area contributed by atoms with Gasteiger partial charge in [-0.05, 0) is 19.3 Å². The quantitative estimate of drug-likeness (QED) is 0.0551. The van der Waals surface area contributed by atoms with Gasteiger partial charge in [-0.2, -0.15) is 29.9 Å². The van der Waals surface area contributed by atoms with E-state index in [4.69, 9.17) is 0 Å². The standard InChI is InChI=1S/C60H108N10O3/c1-4-7-10-13-16-19-22-25-28-31-34-37-40-43-46-49-52(71)61-55-64-58-66-56(62-53(72)50-47-44-41-38-35-32-29-26-23-20-17-14-11-8-5-2)68-60-69-57(67-59(65-55)70(58)60)63-54(73)51-48-45-42-39-36-33-30-27-24-21-18-15-12-9-6-3/h4-51H2,1-3H3,(H3,61,62,63,64,65,66,67,68,69,71,72,73). The van der Waals surface area contributed by atoms with Gasteiger partial charge >= 0.3 is 0 Å². The number of nitrogens with zero attached hydrogens (tertiary/aromatic N) is 7. The summed E-state index contributed by atoms with van der Waals surface area (Å²) in [6.07, 6.45) is 57.9. The number of rotatable bonds is 49. The van der Waals surface area contributed by atoms with E-state index < -0.39 is 0 Å². The lowest BCUT2D eigenvalue weighted by atomic mass is 10.0. The Morgan fingerprint density at radius 1 is 0.397 bits per heavy atom. The lowest BCUT2D eigenvalue weighted by Gasteiger charge is -2.19. The first-order valence-electron chi connectivity index (χ1n) is 31.1. The molecule has 3 heterocycles. The van der Waals surface area contributed by atoms with Gasteiger partial charge in [0.1, 0.15) is 0 Å². The third-order valence-corrected chi connectivity index (χ3v) is 14.6. The minimum absolute atomic E-state index is 0.0604. The van der Waals surface area contributed by atoms with Gasteiger partial charge in [-0.25, -0.2) is 4.40 Å². The van der Waals surface area contributed by atoms with E-state index in [0.29, 0.717) is 19.3 Å². The van der Waals surface area contributed by atoms with Gasteiger partial charge in [0, 0.05) is 19.3 Å². The number of nitrogens with one attached hydrogen (secondary N) is 3. The highest BCUT2D eigenvalue weighted by Crippen LogP contribution is 2.22. The summed E-state index contributed by atoms with van der Waals surface area (Å²) in [5.74, 6) is 0.113. The Bertz CT molecular complexity index is 1830. The van der Waals surface area contributed by atoms with Gasteiger partial charge in [-0.1, -0.05) is 290 Å². The molecule has 0 fully saturated rings.